The summed E-state index contributed by atoms with van der Waals surface area (Å²) >= 11 is 0. The van der Waals surface area contributed by atoms with Gasteiger partial charge in [0.15, 0.2) is 0 Å². The Kier molecular flexibility index (Phi) is 6.07. The summed E-state index contributed by atoms with van der Waals surface area (Å²) in [4.78, 5) is 12.8. The number of carbonyl (C=O) groups excluding carboxylic acids is 1. The molecule has 2 aromatic carbocycles. The van der Waals surface area contributed by atoms with Crippen LogP contribution < -0.4 is 11.1 Å². The molecule has 23 heavy (non-hydrogen) atoms. The lowest BCUT2D eigenvalue weighted by Gasteiger charge is -2.15. The summed E-state index contributed by atoms with van der Waals surface area (Å²) in [6.07, 6.45) is 0. The van der Waals surface area contributed by atoms with Crippen molar-refractivity contribution in [2.45, 2.75) is 30.5 Å². The monoisotopic (exact) mass is 330 g/mol. The lowest BCUT2D eigenvalue weighted by atomic mass is 10.0. The first-order chi connectivity index (χ1) is 11.0. The number of benzene rings is 2. The van der Waals surface area contributed by atoms with Gasteiger partial charge in [0.1, 0.15) is 0 Å². The summed E-state index contributed by atoms with van der Waals surface area (Å²) < 4.78 is 12.3. The van der Waals surface area contributed by atoms with Gasteiger partial charge in [0, 0.05) is 10.6 Å². The molecule has 3 N–H and O–H groups in total. The topological polar surface area (TPSA) is 72.2 Å². The number of nitrogens with one attached hydrogen (secondary N) is 1. The molecule has 0 aliphatic carbocycles. The van der Waals surface area contributed by atoms with Gasteiger partial charge in [-0.1, -0.05) is 44.2 Å². The van der Waals surface area contributed by atoms with Crippen molar-refractivity contribution in [2.24, 2.45) is 11.7 Å². The fourth-order valence-corrected chi connectivity index (χ4v) is 3.18. The van der Waals surface area contributed by atoms with E-state index in [1.54, 1.807) is 6.07 Å². The van der Waals surface area contributed by atoms with Crippen LogP contribution in [-0.2, 0) is 21.3 Å². The van der Waals surface area contributed by atoms with Crippen LogP contribution in [0.4, 0.5) is 5.69 Å². The molecule has 2 rings (SSSR count). The molecule has 4 nitrogen and oxygen atoms in total. The summed E-state index contributed by atoms with van der Waals surface area (Å²) in [5.74, 6) is 0.273. The first-order valence-corrected chi connectivity index (χ1v) is 8.88. The van der Waals surface area contributed by atoms with Crippen molar-refractivity contribution in [3.63, 3.8) is 0 Å². The Morgan fingerprint density at radius 1 is 1.13 bits per heavy atom. The van der Waals surface area contributed by atoms with E-state index in [1.165, 1.54) is 0 Å². The van der Waals surface area contributed by atoms with Crippen molar-refractivity contribution in [3.05, 3.63) is 60.2 Å². The molecule has 0 saturated carbocycles. The Morgan fingerprint density at radius 3 is 2.48 bits per heavy atom. The second-order valence-corrected chi connectivity index (χ2v) is 7.21. The largest absolute Gasteiger partial charge is 0.325 e. The highest BCUT2D eigenvalue weighted by Crippen LogP contribution is 2.16. The summed E-state index contributed by atoms with van der Waals surface area (Å²) in [6, 6.07) is 16.2. The standard InChI is InChI=1S/C18H22N2O2S/c1-13(2)17(19)18(21)20-15-8-6-7-14(11-15)12-23(22)16-9-4-3-5-10-16/h3-11,13,17H,12,19H2,1-2H3,(H,20,21)/t17-,23?/m0/s1. The Labute approximate surface area is 139 Å². The number of carbonyl (C=O) groups is 1. The molecule has 5 heteroatoms. The fourth-order valence-electron chi connectivity index (χ4n) is 2.07. The van der Waals surface area contributed by atoms with Crippen molar-refractivity contribution in [2.75, 3.05) is 5.32 Å². The average molecular weight is 330 g/mol. The highest BCUT2D eigenvalue weighted by Gasteiger charge is 2.17. The van der Waals surface area contributed by atoms with Crippen molar-refractivity contribution >= 4 is 22.4 Å². The lowest BCUT2D eigenvalue weighted by molar-refractivity contribution is -0.118. The molecular formula is C18H22N2O2S. The van der Waals surface area contributed by atoms with Gasteiger partial charge < -0.3 is 11.1 Å². The van der Waals surface area contributed by atoms with E-state index in [1.807, 2.05) is 62.4 Å². The quantitative estimate of drug-likeness (QED) is 0.855. The molecule has 0 spiro atoms. The molecule has 122 valence electrons. The summed E-state index contributed by atoms with van der Waals surface area (Å²) in [6.45, 7) is 3.81. The zero-order valence-electron chi connectivity index (χ0n) is 13.4. The SMILES string of the molecule is CC(C)[C@H](N)C(=O)Nc1cccc(CS(=O)c2ccccc2)c1. The fraction of sp³-hybridized carbons (Fsp3) is 0.278. The zero-order valence-corrected chi connectivity index (χ0v) is 14.2. The van der Waals surface area contributed by atoms with Crippen molar-refractivity contribution in [1.82, 2.24) is 0 Å². The van der Waals surface area contributed by atoms with Crippen LogP contribution in [0.25, 0.3) is 0 Å². The van der Waals surface area contributed by atoms with Gasteiger partial charge in [-0.15, -0.1) is 0 Å². The normalized spacial score (nSPS) is 13.6. The Morgan fingerprint density at radius 2 is 1.83 bits per heavy atom. The molecule has 0 heterocycles. The van der Waals surface area contributed by atoms with Crippen molar-refractivity contribution in [3.8, 4) is 0 Å². The predicted octanol–water partition coefficient (Wildman–Crippen LogP) is 2.92. The number of rotatable bonds is 6. The van der Waals surface area contributed by atoms with Crippen LogP contribution in [0, 0.1) is 5.92 Å². The van der Waals surface area contributed by atoms with E-state index >= 15 is 0 Å². The highest BCUT2D eigenvalue weighted by molar-refractivity contribution is 7.84. The predicted molar refractivity (Wildman–Crippen MR) is 94.4 cm³/mol. The molecule has 2 atom stereocenters. The van der Waals surface area contributed by atoms with Crippen LogP contribution in [0.3, 0.4) is 0 Å². The second-order valence-electron chi connectivity index (χ2n) is 5.76. The van der Waals surface area contributed by atoms with E-state index in [9.17, 15) is 9.00 Å². The van der Waals surface area contributed by atoms with Crippen molar-refractivity contribution in [1.29, 1.82) is 0 Å². The van der Waals surface area contributed by atoms with Gasteiger partial charge in [-0.25, -0.2) is 0 Å². The molecular weight excluding hydrogens is 308 g/mol. The van der Waals surface area contributed by atoms with E-state index in [0.29, 0.717) is 11.4 Å². The number of hydrogen-bond acceptors (Lipinski definition) is 3. The van der Waals surface area contributed by atoms with Crippen molar-refractivity contribution < 1.29 is 9.00 Å². The van der Waals surface area contributed by atoms with Crippen LogP contribution in [0.2, 0.25) is 0 Å². The van der Waals surface area contributed by atoms with E-state index < -0.39 is 16.8 Å². The number of hydrogen-bond donors (Lipinski definition) is 2. The smallest absolute Gasteiger partial charge is 0.241 e. The minimum atomic E-state index is -1.11. The first kappa shape index (κ1) is 17.4. The number of amides is 1. The first-order valence-electron chi connectivity index (χ1n) is 7.56. The van der Waals surface area contributed by atoms with Gasteiger partial charge in [-0.3, -0.25) is 9.00 Å². The van der Waals surface area contributed by atoms with Gasteiger partial charge in [0.05, 0.1) is 22.6 Å². The van der Waals surface area contributed by atoms with Gasteiger partial charge in [-0.2, -0.15) is 0 Å². The number of nitrogens with two attached hydrogens (primary N) is 1. The molecule has 0 bridgehead atoms. The lowest BCUT2D eigenvalue weighted by Crippen LogP contribution is -2.39. The molecule has 2 aromatic rings. The van der Waals surface area contributed by atoms with Crippen LogP contribution in [0.1, 0.15) is 19.4 Å². The van der Waals surface area contributed by atoms with Gasteiger partial charge in [-0.05, 0) is 35.7 Å². The Balaban J connectivity index is 2.05. The van der Waals surface area contributed by atoms with Crippen LogP contribution in [-0.4, -0.2) is 16.2 Å². The van der Waals surface area contributed by atoms with E-state index in [4.69, 9.17) is 5.73 Å². The van der Waals surface area contributed by atoms with E-state index in [-0.39, 0.29) is 11.8 Å². The molecule has 0 aliphatic heterocycles. The van der Waals surface area contributed by atoms with Crippen LogP contribution >= 0.6 is 0 Å². The summed E-state index contributed by atoms with van der Waals surface area (Å²) in [5.41, 5.74) is 7.42. The Hall–Kier alpha value is -1.98. The average Bonchev–Trinajstić information content (AvgIpc) is 2.55. The number of anilines is 1. The maximum Gasteiger partial charge on any atom is 0.241 e. The highest BCUT2D eigenvalue weighted by atomic mass is 32.2. The van der Waals surface area contributed by atoms with Gasteiger partial charge >= 0.3 is 0 Å². The molecule has 0 saturated heterocycles. The minimum Gasteiger partial charge on any atom is -0.325 e. The third-order valence-corrected chi connectivity index (χ3v) is 4.91. The third-order valence-electron chi connectivity index (χ3n) is 3.52. The summed E-state index contributed by atoms with van der Waals surface area (Å²) in [7, 11) is -1.11. The molecule has 0 aliphatic rings. The van der Waals surface area contributed by atoms with Gasteiger partial charge in [0.25, 0.3) is 0 Å². The minimum absolute atomic E-state index is 0.0729. The maximum atomic E-state index is 12.3. The van der Waals surface area contributed by atoms with E-state index in [2.05, 4.69) is 5.32 Å². The maximum absolute atomic E-state index is 12.3. The molecule has 0 fully saturated rings. The molecule has 0 radical (unpaired) electrons. The third kappa shape index (κ3) is 5.01. The van der Waals surface area contributed by atoms with Crippen LogP contribution in [0.15, 0.2) is 59.5 Å². The van der Waals surface area contributed by atoms with E-state index in [0.717, 1.165) is 10.5 Å². The molecule has 1 unspecified atom stereocenters. The second kappa shape index (κ2) is 8.04. The molecule has 1 amide bonds. The summed E-state index contributed by atoms with van der Waals surface area (Å²) in [5, 5.41) is 2.81. The Bertz CT molecular complexity index is 686. The molecule has 0 aromatic heterocycles. The van der Waals surface area contributed by atoms with Crippen LogP contribution in [0.5, 0.6) is 0 Å². The van der Waals surface area contributed by atoms with Gasteiger partial charge in [0.2, 0.25) is 5.91 Å². The zero-order chi connectivity index (χ0) is 16.8.